The van der Waals surface area contributed by atoms with Gasteiger partial charge in [-0.1, -0.05) is 5.16 Å². The van der Waals surface area contributed by atoms with Crippen molar-refractivity contribution in [1.82, 2.24) is 15.4 Å². The van der Waals surface area contributed by atoms with E-state index in [9.17, 15) is 4.79 Å². The lowest BCUT2D eigenvalue weighted by Gasteiger charge is -2.51. The van der Waals surface area contributed by atoms with Gasteiger partial charge in [0.05, 0.1) is 18.2 Å². The van der Waals surface area contributed by atoms with Crippen LogP contribution in [-0.2, 0) is 4.74 Å². The van der Waals surface area contributed by atoms with Gasteiger partial charge in [-0.15, -0.1) is 0 Å². The molecule has 0 radical (unpaired) electrons. The minimum Gasteiger partial charge on any atom is -0.376 e. The molecule has 1 N–H and O–H groups in total. The number of carbonyl (C=O) groups is 1. The quantitative estimate of drug-likeness (QED) is 0.898. The van der Waals surface area contributed by atoms with Crippen molar-refractivity contribution in [2.45, 2.75) is 44.4 Å². The first-order valence-corrected chi connectivity index (χ1v) is 7.84. The first-order chi connectivity index (χ1) is 10.2. The molecule has 4 rings (SSSR count). The Hall–Kier alpha value is -1.40. The van der Waals surface area contributed by atoms with Crippen molar-refractivity contribution in [3.05, 3.63) is 17.5 Å². The van der Waals surface area contributed by atoms with Gasteiger partial charge in [-0.3, -0.25) is 9.69 Å². The fourth-order valence-corrected chi connectivity index (χ4v) is 4.04. The summed E-state index contributed by atoms with van der Waals surface area (Å²) >= 11 is 0. The molecular weight excluding hydrogens is 270 g/mol. The molecule has 1 aromatic heterocycles. The molecule has 1 saturated carbocycles. The Bertz CT molecular complexity index is 533. The van der Waals surface area contributed by atoms with Crippen LogP contribution in [0.1, 0.15) is 35.5 Å². The highest BCUT2D eigenvalue weighted by atomic mass is 16.5. The number of nitrogens with zero attached hydrogens (tertiary/aromatic N) is 2. The van der Waals surface area contributed by atoms with E-state index in [4.69, 9.17) is 9.26 Å². The van der Waals surface area contributed by atoms with Gasteiger partial charge in [0, 0.05) is 18.6 Å². The van der Waals surface area contributed by atoms with E-state index in [2.05, 4.69) is 15.4 Å². The molecule has 1 aliphatic carbocycles. The highest BCUT2D eigenvalue weighted by Gasteiger charge is 2.56. The number of carbonyl (C=O) groups excluding carboxylic acids is 1. The maximum atomic E-state index is 12.3. The molecule has 1 amide bonds. The first kappa shape index (κ1) is 13.3. The van der Waals surface area contributed by atoms with Crippen LogP contribution in [0.3, 0.4) is 0 Å². The Morgan fingerprint density at radius 3 is 2.95 bits per heavy atom. The molecule has 6 heteroatoms. The SMILES string of the molecule is Cc1cc(C(=O)N[C@H]2[C@H]3CCO[C@H]3[C@@H]2N2CCCC2)no1. The number of aromatic nitrogens is 1. The normalized spacial score (nSPS) is 35.5. The monoisotopic (exact) mass is 291 g/mol. The summed E-state index contributed by atoms with van der Waals surface area (Å²) in [5.41, 5.74) is 0.370. The predicted molar refractivity (Wildman–Crippen MR) is 74.9 cm³/mol. The van der Waals surface area contributed by atoms with Crippen LogP contribution in [0.5, 0.6) is 0 Å². The summed E-state index contributed by atoms with van der Waals surface area (Å²) in [7, 11) is 0. The van der Waals surface area contributed by atoms with E-state index in [-0.39, 0.29) is 11.9 Å². The maximum absolute atomic E-state index is 12.3. The lowest BCUT2D eigenvalue weighted by Crippen LogP contribution is -2.70. The average molecular weight is 291 g/mol. The van der Waals surface area contributed by atoms with E-state index in [0.29, 0.717) is 29.5 Å². The average Bonchev–Trinajstić information content (AvgIpc) is 3.17. The summed E-state index contributed by atoms with van der Waals surface area (Å²) in [4.78, 5) is 14.8. The first-order valence-electron chi connectivity index (χ1n) is 7.84. The molecule has 21 heavy (non-hydrogen) atoms. The highest BCUT2D eigenvalue weighted by molar-refractivity contribution is 5.92. The Morgan fingerprint density at radius 1 is 1.43 bits per heavy atom. The van der Waals surface area contributed by atoms with Crippen molar-refractivity contribution in [2.75, 3.05) is 19.7 Å². The van der Waals surface area contributed by atoms with E-state index in [1.165, 1.54) is 12.8 Å². The summed E-state index contributed by atoms with van der Waals surface area (Å²) in [6, 6.07) is 2.19. The zero-order valence-electron chi connectivity index (χ0n) is 12.2. The van der Waals surface area contributed by atoms with Gasteiger partial charge in [0.25, 0.3) is 5.91 Å². The zero-order chi connectivity index (χ0) is 14.4. The molecule has 3 fully saturated rings. The van der Waals surface area contributed by atoms with Crippen molar-refractivity contribution in [3.63, 3.8) is 0 Å². The van der Waals surface area contributed by atoms with Gasteiger partial charge in [-0.05, 0) is 39.3 Å². The van der Waals surface area contributed by atoms with Gasteiger partial charge in [0.1, 0.15) is 5.76 Å². The van der Waals surface area contributed by atoms with E-state index in [1.54, 1.807) is 13.0 Å². The predicted octanol–water partition coefficient (Wildman–Crippen LogP) is 0.965. The van der Waals surface area contributed by atoms with Crippen LogP contribution in [0, 0.1) is 12.8 Å². The van der Waals surface area contributed by atoms with Crippen LogP contribution in [0.25, 0.3) is 0 Å². The lowest BCUT2D eigenvalue weighted by atomic mass is 9.70. The van der Waals surface area contributed by atoms with Crippen LogP contribution in [0.2, 0.25) is 0 Å². The van der Waals surface area contributed by atoms with Crippen LogP contribution in [0.15, 0.2) is 10.6 Å². The van der Waals surface area contributed by atoms with Crippen LogP contribution < -0.4 is 5.32 Å². The van der Waals surface area contributed by atoms with Gasteiger partial charge in [-0.2, -0.15) is 0 Å². The molecule has 114 valence electrons. The Balaban J connectivity index is 1.48. The topological polar surface area (TPSA) is 67.6 Å². The minimum absolute atomic E-state index is 0.133. The fourth-order valence-electron chi connectivity index (χ4n) is 4.04. The van der Waals surface area contributed by atoms with E-state index >= 15 is 0 Å². The van der Waals surface area contributed by atoms with Gasteiger partial charge >= 0.3 is 0 Å². The second kappa shape index (κ2) is 5.10. The molecule has 4 atom stereocenters. The second-order valence-corrected chi connectivity index (χ2v) is 6.34. The largest absolute Gasteiger partial charge is 0.376 e. The smallest absolute Gasteiger partial charge is 0.273 e. The zero-order valence-corrected chi connectivity index (χ0v) is 12.2. The maximum Gasteiger partial charge on any atom is 0.273 e. The molecule has 0 aromatic carbocycles. The number of hydrogen-bond acceptors (Lipinski definition) is 5. The molecule has 0 bridgehead atoms. The van der Waals surface area contributed by atoms with E-state index < -0.39 is 0 Å². The molecule has 6 nitrogen and oxygen atoms in total. The third kappa shape index (κ3) is 2.17. The van der Waals surface area contributed by atoms with Crippen LogP contribution >= 0.6 is 0 Å². The highest BCUT2D eigenvalue weighted by Crippen LogP contribution is 2.42. The summed E-state index contributed by atoms with van der Waals surface area (Å²) in [6.45, 7) is 4.84. The van der Waals surface area contributed by atoms with Gasteiger partial charge < -0.3 is 14.6 Å². The Labute approximate surface area is 123 Å². The summed E-state index contributed by atoms with van der Waals surface area (Å²) in [6.07, 6.45) is 3.83. The molecule has 2 saturated heterocycles. The number of rotatable bonds is 3. The van der Waals surface area contributed by atoms with Crippen molar-refractivity contribution in [2.24, 2.45) is 5.92 Å². The van der Waals surface area contributed by atoms with Gasteiger partial charge in [0.15, 0.2) is 5.69 Å². The third-order valence-corrected chi connectivity index (χ3v) is 5.07. The van der Waals surface area contributed by atoms with Crippen molar-refractivity contribution in [1.29, 1.82) is 0 Å². The number of ether oxygens (including phenoxy) is 1. The van der Waals surface area contributed by atoms with Crippen LogP contribution in [0.4, 0.5) is 0 Å². The Morgan fingerprint density at radius 2 is 2.24 bits per heavy atom. The van der Waals surface area contributed by atoms with Crippen molar-refractivity contribution >= 4 is 5.91 Å². The molecule has 0 spiro atoms. The van der Waals surface area contributed by atoms with E-state index in [1.807, 2.05) is 0 Å². The lowest BCUT2D eigenvalue weighted by molar-refractivity contribution is -0.0748. The summed E-state index contributed by atoms with van der Waals surface area (Å²) < 4.78 is 10.9. The molecule has 3 heterocycles. The number of hydrogen-bond donors (Lipinski definition) is 1. The number of fused-ring (bicyclic) bond motifs is 1. The molecule has 0 unspecified atom stereocenters. The van der Waals surface area contributed by atoms with Crippen LogP contribution in [-0.4, -0.2) is 53.8 Å². The summed E-state index contributed by atoms with van der Waals surface area (Å²) in [5, 5.41) is 6.96. The Kier molecular flexibility index (Phi) is 3.23. The number of likely N-dealkylation sites (tertiary alicyclic amines) is 1. The second-order valence-electron chi connectivity index (χ2n) is 6.34. The molecule has 3 aliphatic rings. The van der Waals surface area contributed by atoms with Gasteiger partial charge in [0.2, 0.25) is 0 Å². The van der Waals surface area contributed by atoms with Gasteiger partial charge in [-0.25, -0.2) is 0 Å². The molecular formula is C15H21N3O3. The fraction of sp³-hybridized carbons (Fsp3) is 0.733. The van der Waals surface area contributed by atoms with Crippen molar-refractivity contribution < 1.29 is 14.1 Å². The summed E-state index contributed by atoms with van der Waals surface area (Å²) in [5.74, 6) is 0.978. The standard InChI is InChI=1S/C15H21N3O3/c1-9-8-11(17-21-9)15(19)16-12-10-4-7-20-14(10)13(12)18-5-2-3-6-18/h8,10,12-14H,2-7H2,1H3,(H,16,19)/t10-,12+,13-,14-/m1/s1. The number of nitrogens with one attached hydrogen (secondary N) is 1. The van der Waals surface area contributed by atoms with E-state index in [0.717, 1.165) is 26.1 Å². The van der Waals surface area contributed by atoms with Crippen molar-refractivity contribution in [3.8, 4) is 0 Å². The third-order valence-electron chi connectivity index (χ3n) is 5.07. The molecule has 2 aliphatic heterocycles. The number of amides is 1. The number of aryl methyl sites for hydroxylation is 1. The minimum atomic E-state index is -0.133. The molecule has 1 aromatic rings.